The third-order valence-electron chi connectivity index (χ3n) is 4.89. The van der Waals surface area contributed by atoms with Gasteiger partial charge in [0.05, 0.1) is 23.8 Å². The lowest BCUT2D eigenvalue weighted by Gasteiger charge is -2.26. The van der Waals surface area contributed by atoms with E-state index < -0.39 is 10.0 Å². The van der Waals surface area contributed by atoms with Crippen molar-refractivity contribution >= 4 is 15.9 Å². The maximum atomic E-state index is 12.8. The third kappa shape index (κ3) is 4.28. The first kappa shape index (κ1) is 20.3. The molecule has 1 N–H and O–H groups in total. The van der Waals surface area contributed by atoms with Crippen molar-refractivity contribution in [2.24, 2.45) is 0 Å². The van der Waals surface area contributed by atoms with Crippen molar-refractivity contribution in [3.8, 4) is 5.69 Å². The highest BCUT2D eigenvalue weighted by molar-refractivity contribution is 7.89. The van der Waals surface area contributed by atoms with Crippen molar-refractivity contribution in [1.29, 1.82) is 0 Å². The van der Waals surface area contributed by atoms with Gasteiger partial charge >= 0.3 is 0 Å². The van der Waals surface area contributed by atoms with Gasteiger partial charge in [0.15, 0.2) is 0 Å². The van der Waals surface area contributed by atoms with E-state index in [2.05, 4.69) is 10.4 Å². The number of hydrogen-bond donors (Lipinski definition) is 1. The maximum Gasteiger partial charge on any atom is 0.251 e. The molecule has 8 nitrogen and oxygen atoms in total. The van der Waals surface area contributed by atoms with E-state index in [1.165, 1.54) is 16.4 Å². The molecule has 1 fully saturated rings. The molecular formula is C21H22N4O4S. The minimum Gasteiger partial charge on any atom is -0.379 e. The van der Waals surface area contributed by atoms with Crippen LogP contribution in [0.4, 0.5) is 0 Å². The zero-order valence-electron chi connectivity index (χ0n) is 16.3. The summed E-state index contributed by atoms with van der Waals surface area (Å²) in [6.45, 7) is 1.64. The maximum absolute atomic E-state index is 12.8. The number of amides is 1. The normalized spacial score (nSPS) is 15.1. The average Bonchev–Trinajstić information content (AvgIpc) is 3.33. The van der Waals surface area contributed by atoms with Crippen molar-refractivity contribution in [2.75, 3.05) is 26.3 Å². The van der Waals surface area contributed by atoms with Crippen molar-refractivity contribution in [2.45, 2.75) is 11.4 Å². The van der Waals surface area contributed by atoms with Crippen molar-refractivity contribution in [1.82, 2.24) is 19.4 Å². The Bertz CT molecular complexity index is 1120. The molecule has 30 heavy (non-hydrogen) atoms. The fourth-order valence-electron chi connectivity index (χ4n) is 3.31. The average molecular weight is 426 g/mol. The van der Waals surface area contributed by atoms with Gasteiger partial charge in [-0.3, -0.25) is 4.79 Å². The second kappa shape index (κ2) is 8.78. The van der Waals surface area contributed by atoms with Gasteiger partial charge in [-0.15, -0.1) is 0 Å². The van der Waals surface area contributed by atoms with Crippen LogP contribution in [0.3, 0.4) is 0 Å². The molecule has 0 radical (unpaired) electrons. The molecule has 1 aromatic heterocycles. The summed E-state index contributed by atoms with van der Waals surface area (Å²) in [5.41, 5.74) is 2.05. The van der Waals surface area contributed by atoms with Crippen LogP contribution < -0.4 is 5.32 Å². The first-order valence-electron chi connectivity index (χ1n) is 9.60. The number of ether oxygens (including phenoxy) is 1. The van der Waals surface area contributed by atoms with Gasteiger partial charge in [-0.25, -0.2) is 13.1 Å². The summed E-state index contributed by atoms with van der Waals surface area (Å²) in [4.78, 5) is 12.8. The van der Waals surface area contributed by atoms with Crippen LogP contribution in [0.5, 0.6) is 0 Å². The molecule has 156 valence electrons. The SMILES string of the molecule is O=C(NCc1ccccc1-n1cccn1)c1cccc(S(=O)(=O)N2CCOCC2)c1. The van der Waals surface area contributed by atoms with E-state index in [4.69, 9.17) is 4.74 Å². The molecule has 4 rings (SSSR count). The lowest BCUT2D eigenvalue weighted by molar-refractivity contribution is 0.0730. The Labute approximate surface area is 175 Å². The number of nitrogens with zero attached hydrogens (tertiary/aromatic N) is 3. The number of hydrogen-bond acceptors (Lipinski definition) is 5. The number of sulfonamides is 1. The van der Waals surface area contributed by atoms with E-state index in [9.17, 15) is 13.2 Å². The molecule has 9 heteroatoms. The Hall–Kier alpha value is -3.01. The number of carbonyl (C=O) groups excluding carboxylic acids is 1. The van der Waals surface area contributed by atoms with E-state index in [1.807, 2.05) is 36.5 Å². The van der Waals surface area contributed by atoms with Crippen molar-refractivity contribution in [3.63, 3.8) is 0 Å². The van der Waals surface area contributed by atoms with Gasteiger partial charge in [-0.2, -0.15) is 9.40 Å². The topological polar surface area (TPSA) is 93.5 Å². The largest absolute Gasteiger partial charge is 0.379 e. The van der Waals surface area contributed by atoms with Crippen molar-refractivity contribution in [3.05, 3.63) is 78.1 Å². The molecule has 1 amide bonds. The highest BCUT2D eigenvalue weighted by Crippen LogP contribution is 2.19. The highest BCUT2D eigenvalue weighted by Gasteiger charge is 2.26. The molecule has 0 unspecified atom stereocenters. The second-order valence-corrected chi connectivity index (χ2v) is 8.74. The minimum absolute atomic E-state index is 0.106. The summed E-state index contributed by atoms with van der Waals surface area (Å²) in [5, 5.41) is 7.11. The van der Waals surface area contributed by atoms with E-state index in [-0.39, 0.29) is 17.3 Å². The van der Waals surface area contributed by atoms with Crippen LogP contribution in [-0.2, 0) is 21.3 Å². The zero-order valence-corrected chi connectivity index (χ0v) is 17.1. The highest BCUT2D eigenvalue weighted by atomic mass is 32.2. The van der Waals surface area contributed by atoms with Gasteiger partial charge < -0.3 is 10.1 Å². The summed E-state index contributed by atoms with van der Waals surface area (Å²) < 4.78 is 34.0. The molecule has 0 atom stereocenters. The third-order valence-corrected chi connectivity index (χ3v) is 6.78. The Morgan fingerprint density at radius 3 is 2.63 bits per heavy atom. The molecule has 0 saturated carbocycles. The molecule has 0 aliphatic carbocycles. The van der Waals surface area contributed by atoms with Crippen LogP contribution >= 0.6 is 0 Å². The van der Waals surface area contributed by atoms with E-state index >= 15 is 0 Å². The number of aromatic nitrogens is 2. The molecule has 3 aromatic rings. The fraction of sp³-hybridized carbons (Fsp3) is 0.238. The van der Waals surface area contributed by atoms with Gasteiger partial charge in [0.25, 0.3) is 5.91 Å². The number of morpholine rings is 1. The first-order valence-corrected chi connectivity index (χ1v) is 11.0. The molecule has 0 bridgehead atoms. The van der Waals surface area contributed by atoms with Gasteiger partial charge in [0, 0.05) is 37.6 Å². The molecule has 2 aromatic carbocycles. The second-order valence-electron chi connectivity index (χ2n) is 6.81. The van der Waals surface area contributed by atoms with Crippen LogP contribution in [0.25, 0.3) is 5.69 Å². The van der Waals surface area contributed by atoms with Gasteiger partial charge in [-0.05, 0) is 35.9 Å². The van der Waals surface area contributed by atoms with Crippen LogP contribution in [0, 0.1) is 0 Å². The fourth-order valence-corrected chi connectivity index (χ4v) is 4.76. The molecular weight excluding hydrogens is 404 g/mol. The van der Waals surface area contributed by atoms with E-state index in [1.54, 1.807) is 23.0 Å². The zero-order chi connectivity index (χ0) is 21.0. The Morgan fingerprint density at radius 2 is 1.87 bits per heavy atom. The summed E-state index contributed by atoms with van der Waals surface area (Å²) in [7, 11) is -3.66. The monoisotopic (exact) mass is 426 g/mol. The lowest BCUT2D eigenvalue weighted by Crippen LogP contribution is -2.40. The predicted molar refractivity (Wildman–Crippen MR) is 111 cm³/mol. The van der Waals surface area contributed by atoms with Crippen LogP contribution in [0.2, 0.25) is 0 Å². The number of benzene rings is 2. The Morgan fingerprint density at radius 1 is 1.07 bits per heavy atom. The Balaban J connectivity index is 1.50. The number of rotatable bonds is 6. The first-order chi connectivity index (χ1) is 14.6. The molecule has 1 aliphatic heterocycles. The van der Waals surface area contributed by atoms with Gasteiger partial charge in [-0.1, -0.05) is 24.3 Å². The van der Waals surface area contributed by atoms with Crippen LogP contribution in [0.1, 0.15) is 15.9 Å². The summed E-state index contributed by atoms with van der Waals surface area (Å²) >= 11 is 0. The standard InChI is InChI=1S/C21H22N4O4S/c26-21(22-16-18-5-1-2-8-20(18)25-10-4-9-23-25)17-6-3-7-19(15-17)30(27,28)24-11-13-29-14-12-24/h1-10,15H,11-14,16H2,(H,22,26). The number of nitrogens with one attached hydrogen (secondary N) is 1. The Kier molecular flexibility index (Phi) is 5.93. The molecule has 2 heterocycles. The summed E-state index contributed by atoms with van der Waals surface area (Å²) in [6, 6.07) is 15.6. The van der Waals surface area contributed by atoms with E-state index in [0.29, 0.717) is 31.9 Å². The predicted octanol–water partition coefficient (Wildman–Crippen LogP) is 1.82. The molecule has 1 saturated heterocycles. The smallest absolute Gasteiger partial charge is 0.251 e. The summed E-state index contributed by atoms with van der Waals surface area (Å²) in [6.07, 6.45) is 3.52. The van der Waals surface area contributed by atoms with E-state index in [0.717, 1.165) is 11.3 Å². The molecule has 1 aliphatic rings. The van der Waals surface area contributed by atoms with Gasteiger partial charge in [0.2, 0.25) is 10.0 Å². The van der Waals surface area contributed by atoms with Crippen LogP contribution in [-0.4, -0.2) is 54.7 Å². The lowest BCUT2D eigenvalue weighted by atomic mass is 10.1. The molecule has 0 spiro atoms. The minimum atomic E-state index is -3.66. The van der Waals surface area contributed by atoms with Crippen LogP contribution in [0.15, 0.2) is 71.9 Å². The van der Waals surface area contributed by atoms with Gasteiger partial charge in [0.1, 0.15) is 0 Å². The van der Waals surface area contributed by atoms with Crippen molar-refractivity contribution < 1.29 is 17.9 Å². The summed E-state index contributed by atoms with van der Waals surface area (Å²) in [5.74, 6) is -0.343. The number of carbonyl (C=O) groups is 1. The number of para-hydroxylation sites is 1. The quantitative estimate of drug-likeness (QED) is 0.649.